The Morgan fingerprint density at radius 2 is 1.46 bits per heavy atom. The minimum absolute atomic E-state index is 0.107. The van der Waals surface area contributed by atoms with Gasteiger partial charge in [-0.1, -0.05) is 87.1 Å². The predicted octanol–water partition coefficient (Wildman–Crippen LogP) is 4.94. The van der Waals surface area contributed by atoms with Gasteiger partial charge in [0.25, 0.3) is 0 Å². The average molecular weight is 371 g/mol. The highest BCUT2D eigenvalue weighted by molar-refractivity contribution is 8.14. The lowest BCUT2D eigenvalue weighted by atomic mass is 9.97. The van der Waals surface area contributed by atoms with Gasteiger partial charge >= 0.3 is 5.97 Å². The van der Waals surface area contributed by atoms with Gasteiger partial charge in [0, 0.05) is 0 Å². The summed E-state index contributed by atoms with van der Waals surface area (Å²) in [5, 5.41) is 8.61. The number of carboxylic acids is 1. The summed E-state index contributed by atoms with van der Waals surface area (Å²) in [5.41, 5.74) is 3.10. The smallest absolute Gasteiger partial charge is 0.317 e. The van der Waals surface area contributed by atoms with Gasteiger partial charge in [0.15, 0.2) is 5.12 Å². The Morgan fingerprint density at radius 1 is 0.885 bits per heavy atom. The number of hydrogen-bond donors (Lipinski definition) is 1. The first-order valence-corrected chi connectivity index (χ1v) is 9.81. The summed E-state index contributed by atoms with van der Waals surface area (Å²) >= 11 is 0.927. The van der Waals surface area contributed by atoms with E-state index in [1.807, 2.05) is 49.4 Å². The molecule has 138 valence electrons. The van der Waals surface area contributed by atoms with Crippen molar-refractivity contribution in [1.29, 1.82) is 0 Å². The lowest BCUT2D eigenvalue weighted by Gasteiger charge is -2.16. The molecule has 0 saturated carbocycles. The Bertz CT molecular complexity index is 723. The molecular weight excluding hydrogens is 344 g/mol. The third-order valence-corrected chi connectivity index (χ3v) is 5.51. The molecule has 0 saturated heterocycles. The Balaban J connectivity index is 2.02. The van der Waals surface area contributed by atoms with Gasteiger partial charge in [0.1, 0.15) is 5.25 Å². The number of carboxylic acid groups (broad SMARTS) is 1. The Labute approximate surface area is 159 Å². The van der Waals surface area contributed by atoms with E-state index < -0.39 is 11.2 Å². The van der Waals surface area contributed by atoms with Crippen molar-refractivity contribution in [2.24, 2.45) is 5.92 Å². The third kappa shape index (κ3) is 6.03. The van der Waals surface area contributed by atoms with E-state index in [9.17, 15) is 14.7 Å². The zero-order valence-corrected chi connectivity index (χ0v) is 16.3. The Hall–Kier alpha value is -2.07. The molecule has 0 spiro atoms. The second-order valence-corrected chi connectivity index (χ2v) is 8.22. The molecule has 4 heteroatoms. The van der Waals surface area contributed by atoms with Crippen LogP contribution in [0.4, 0.5) is 0 Å². The maximum absolute atomic E-state index is 12.6. The highest BCUT2D eigenvalue weighted by Crippen LogP contribution is 2.27. The van der Waals surface area contributed by atoms with Gasteiger partial charge in [-0.05, 0) is 35.4 Å². The number of carbonyl (C=O) groups excluding carboxylic acids is 1. The molecule has 0 heterocycles. The fraction of sp³-hybridized carbons (Fsp3) is 0.364. The van der Waals surface area contributed by atoms with E-state index in [-0.39, 0.29) is 11.0 Å². The molecule has 1 N–H and O–H groups in total. The quantitative estimate of drug-likeness (QED) is 0.715. The van der Waals surface area contributed by atoms with Crippen molar-refractivity contribution < 1.29 is 14.7 Å². The van der Waals surface area contributed by atoms with Crippen LogP contribution in [-0.4, -0.2) is 21.4 Å². The Morgan fingerprint density at radius 3 is 2.00 bits per heavy atom. The summed E-state index contributed by atoms with van der Waals surface area (Å²) in [4.78, 5) is 24.2. The molecule has 0 aliphatic carbocycles. The fourth-order valence-corrected chi connectivity index (χ4v) is 3.80. The number of carbonyl (C=O) groups is 2. The largest absolute Gasteiger partial charge is 0.480 e. The summed E-state index contributed by atoms with van der Waals surface area (Å²) in [7, 11) is 0. The molecule has 0 amide bonds. The summed E-state index contributed by atoms with van der Waals surface area (Å²) in [5.74, 6) is -0.692. The van der Waals surface area contributed by atoms with Crippen LogP contribution in [-0.2, 0) is 22.4 Å². The van der Waals surface area contributed by atoms with E-state index in [4.69, 9.17) is 0 Å². The summed E-state index contributed by atoms with van der Waals surface area (Å²) in [6.45, 7) is 6.19. The molecule has 2 atom stereocenters. The van der Waals surface area contributed by atoms with Gasteiger partial charge in [-0.15, -0.1) is 0 Å². The second kappa shape index (κ2) is 9.58. The Kier molecular flexibility index (Phi) is 7.46. The second-order valence-electron chi connectivity index (χ2n) is 7.01. The number of benzene rings is 2. The van der Waals surface area contributed by atoms with Crippen molar-refractivity contribution >= 4 is 22.8 Å². The molecule has 0 aliphatic rings. The predicted molar refractivity (Wildman–Crippen MR) is 108 cm³/mol. The van der Waals surface area contributed by atoms with Crippen molar-refractivity contribution in [2.45, 2.75) is 44.8 Å². The van der Waals surface area contributed by atoms with Crippen molar-refractivity contribution in [3.8, 4) is 0 Å². The van der Waals surface area contributed by atoms with Gasteiger partial charge < -0.3 is 5.11 Å². The molecule has 0 radical (unpaired) electrons. The van der Waals surface area contributed by atoms with E-state index in [1.54, 1.807) is 0 Å². The molecule has 3 nitrogen and oxygen atoms in total. The van der Waals surface area contributed by atoms with Crippen LogP contribution in [0.1, 0.15) is 43.4 Å². The molecule has 2 aromatic rings. The van der Waals surface area contributed by atoms with Crippen LogP contribution in [0.25, 0.3) is 0 Å². The van der Waals surface area contributed by atoms with E-state index in [2.05, 4.69) is 26.0 Å². The van der Waals surface area contributed by atoms with Crippen LogP contribution in [0.5, 0.6) is 0 Å². The summed E-state index contributed by atoms with van der Waals surface area (Å²) in [6, 6.07) is 17.5. The van der Waals surface area contributed by atoms with Gasteiger partial charge in [-0.2, -0.15) is 0 Å². The standard InChI is InChI=1S/C22H26O3S/c1-15(2)13-18-9-11-19(12-10-18)16(3)22(25)26-20(21(23)24)14-17-7-5-4-6-8-17/h4-12,15-16,20H,13-14H2,1-3H3,(H,23,24). The first-order chi connectivity index (χ1) is 12.4. The van der Waals surface area contributed by atoms with Gasteiger partial charge in [0.2, 0.25) is 0 Å². The lowest BCUT2D eigenvalue weighted by molar-refractivity contribution is -0.136. The monoisotopic (exact) mass is 370 g/mol. The van der Waals surface area contributed by atoms with Crippen LogP contribution in [0.15, 0.2) is 54.6 Å². The van der Waals surface area contributed by atoms with Crippen LogP contribution in [0.3, 0.4) is 0 Å². The fourth-order valence-electron chi connectivity index (χ4n) is 2.80. The van der Waals surface area contributed by atoms with E-state index in [0.29, 0.717) is 12.3 Å². The molecule has 0 aliphatic heterocycles. The highest BCUT2D eigenvalue weighted by Gasteiger charge is 2.26. The molecule has 0 bridgehead atoms. The maximum Gasteiger partial charge on any atom is 0.317 e. The molecule has 2 rings (SSSR count). The van der Waals surface area contributed by atoms with Crippen molar-refractivity contribution in [2.75, 3.05) is 0 Å². The van der Waals surface area contributed by atoms with Crippen LogP contribution in [0.2, 0.25) is 0 Å². The van der Waals surface area contributed by atoms with Gasteiger partial charge in [0.05, 0.1) is 5.92 Å². The molecule has 2 aromatic carbocycles. The summed E-state index contributed by atoms with van der Waals surface area (Å²) < 4.78 is 0. The first-order valence-electron chi connectivity index (χ1n) is 8.93. The van der Waals surface area contributed by atoms with Crippen LogP contribution < -0.4 is 0 Å². The highest BCUT2D eigenvalue weighted by atomic mass is 32.2. The number of thioether (sulfide) groups is 1. The van der Waals surface area contributed by atoms with Gasteiger partial charge in [-0.3, -0.25) is 9.59 Å². The van der Waals surface area contributed by atoms with Crippen molar-refractivity contribution in [3.05, 3.63) is 71.3 Å². The maximum atomic E-state index is 12.6. The van der Waals surface area contributed by atoms with Crippen LogP contribution >= 0.6 is 11.8 Å². The number of rotatable bonds is 8. The summed E-state index contributed by atoms with van der Waals surface area (Å²) in [6.07, 6.45) is 1.35. The topological polar surface area (TPSA) is 54.4 Å². The molecular formula is C22H26O3S. The molecule has 0 aromatic heterocycles. The van der Waals surface area contributed by atoms with Crippen LogP contribution in [0, 0.1) is 5.92 Å². The average Bonchev–Trinajstić information content (AvgIpc) is 2.61. The molecule has 26 heavy (non-hydrogen) atoms. The zero-order chi connectivity index (χ0) is 19.1. The number of hydrogen-bond acceptors (Lipinski definition) is 3. The molecule has 0 fully saturated rings. The molecule has 2 unspecified atom stereocenters. The third-order valence-electron chi connectivity index (χ3n) is 4.27. The first kappa shape index (κ1) is 20.2. The van der Waals surface area contributed by atoms with E-state index in [0.717, 1.165) is 29.3 Å². The SMILES string of the molecule is CC(C)Cc1ccc(C(C)C(=O)SC(Cc2ccccc2)C(=O)O)cc1. The normalized spacial score (nSPS) is 13.4. The van der Waals surface area contributed by atoms with E-state index >= 15 is 0 Å². The van der Waals surface area contributed by atoms with Crippen molar-refractivity contribution in [3.63, 3.8) is 0 Å². The lowest BCUT2D eigenvalue weighted by Crippen LogP contribution is -2.22. The van der Waals surface area contributed by atoms with Crippen molar-refractivity contribution in [1.82, 2.24) is 0 Å². The number of aliphatic carboxylic acids is 1. The zero-order valence-electron chi connectivity index (χ0n) is 15.5. The van der Waals surface area contributed by atoms with E-state index in [1.165, 1.54) is 5.56 Å². The van der Waals surface area contributed by atoms with Gasteiger partial charge in [-0.25, -0.2) is 0 Å². The minimum Gasteiger partial charge on any atom is -0.480 e. The minimum atomic E-state index is -0.952.